The average Bonchev–Trinajstić information content (AvgIpc) is 3.13. The van der Waals surface area contributed by atoms with Gasteiger partial charge < -0.3 is 10.0 Å². The van der Waals surface area contributed by atoms with Gasteiger partial charge in [0.25, 0.3) is 5.91 Å². The Morgan fingerprint density at radius 3 is 2.52 bits per heavy atom. The molecule has 2 aromatic rings. The van der Waals surface area contributed by atoms with Crippen LogP contribution in [0.25, 0.3) is 0 Å². The van der Waals surface area contributed by atoms with Crippen LogP contribution in [0.2, 0.25) is 0 Å². The molecular formula is C25H28N4O4. The van der Waals surface area contributed by atoms with Crippen LogP contribution in [0, 0.1) is 6.92 Å². The zero-order valence-corrected chi connectivity index (χ0v) is 18.7. The summed E-state index contributed by atoms with van der Waals surface area (Å²) in [5.74, 6) is -0.998. The fraction of sp³-hybridized carbons (Fsp3) is 0.440. The molecule has 1 aromatic carbocycles. The van der Waals surface area contributed by atoms with Crippen molar-refractivity contribution in [1.29, 1.82) is 0 Å². The van der Waals surface area contributed by atoms with E-state index in [0.29, 0.717) is 36.2 Å². The van der Waals surface area contributed by atoms with Gasteiger partial charge in [-0.1, -0.05) is 29.8 Å². The monoisotopic (exact) mass is 448 g/mol. The molecule has 0 radical (unpaired) electrons. The highest BCUT2D eigenvalue weighted by Crippen LogP contribution is 2.34. The van der Waals surface area contributed by atoms with Crippen LogP contribution >= 0.6 is 0 Å². The Hall–Kier alpha value is -3.10. The zero-order chi connectivity index (χ0) is 23.2. The topological polar surface area (TPSA) is 103 Å². The lowest BCUT2D eigenvalue weighted by Crippen LogP contribution is -2.52. The molecule has 0 bridgehead atoms. The number of nitrogens with one attached hydrogen (secondary N) is 1. The molecule has 8 nitrogen and oxygen atoms in total. The molecule has 3 aliphatic heterocycles. The number of aromatic nitrogens is 1. The first-order valence-corrected chi connectivity index (χ1v) is 11.5. The number of rotatable bonds is 4. The first kappa shape index (κ1) is 21.7. The number of benzene rings is 1. The standard InChI is InChI=1S/C25H28N4O4/c1-16-2-4-17(5-3-16)14-28-12-10-25(33,11-13-28)21-8-6-18-19(26-21)15-29(24(18)32)20-7-9-22(30)27-23(20)31/h2-6,8,20,33H,7,9-15H2,1H3,(H,27,30,31). The van der Waals surface area contributed by atoms with E-state index < -0.39 is 17.6 Å². The fourth-order valence-electron chi connectivity index (χ4n) is 4.98. The van der Waals surface area contributed by atoms with Gasteiger partial charge in [-0.05, 0) is 43.9 Å². The Balaban J connectivity index is 1.26. The molecule has 2 saturated heterocycles. The van der Waals surface area contributed by atoms with Gasteiger partial charge in [0.1, 0.15) is 11.6 Å². The number of aryl methyl sites for hydroxylation is 1. The molecule has 0 spiro atoms. The highest BCUT2D eigenvalue weighted by Gasteiger charge is 2.41. The zero-order valence-electron chi connectivity index (χ0n) is 18.7. The van der Waals surface area contributed by atoms with Crippen LogP contribution in [0.3, 0.4) is 0 Å². The van der Waals surface area contributed by atoms with Crippen molar-refractivity contribution in [3.63, 3.8) is 0 Å². The summed E-state index contributed by atoms with van der Waals surface area (Å²) in [6.45, 7) is 4.65. The number of likely N-dealkylation sites (tertiary alicyclic amines) is 1. The Labute approximate surface area is 192 Å². The second kappa shape index (κ2) is 8.35. The van der Waals surface area contributed by atoms with E-state index in [1.807, 2.05) is 0 Å². The minimum absolute atomic E-state index is 0.212. The van der Waals surface area contributed by atoms with Crippen molar-refractivity contribution >= 4 is 17.7 Å². The van der Waals surface area contributed by atoms with Crippen LogP contribution < -0.4 is 5.32 Å². The number of amides is 3. The Bertz CT molecular complexity index is 1110. The normalized spacial score (nSPS) is 22.9. The van der Waals surface area contributed by atoms with Crippen molar-refractivity contribution in [2.75, 3.05) is 13.1 Å². The maximum atomic E-state index is 12.9. The minimum atomic E-state index is -1.04. The second-order valence-electron chi connectivity index (χ2n) is 9.38. The quantitative estimate of drug-likeness (QED) is 0.690. The number of pyridine rings is 1. The summed E-state index contributed by atoms with van der Waals surface area (Å²) in [7, 11) is 0. The predicted octanol–water partition coefficient (Wildman–Crippen LogP) is 1.63. The third-order valence-corrected chi connectivity index (χ3v) is 7.06. The average molecular weight is 449 g/mol. The lowest BCUT2D eigenvalue weighted by atomic mass is 9.87. The first-order valence-electron chi connectivity index (χ1n) is 11.5. The molecule has 33 heavy (non-hydrogen) atoms. The van der Waals surface area contributed by atoms with Crippen LogP contribution in [0.5, 0.6) is 0 Å². The summed E-state index contributed by atoms with van der Waals surface area (Å²) in [4.78, 5) is 45.1. The largest absolute Gasteiger partial charge is 0.383 e. The van der Waals surface area contributed by atoms with Crippen LogP contribution in [-0.2, 0) is 28.3 Å². The van der Waals surface area contributed by atoms with E-state index in [-0.39, 0.29) is 24.8 Å². The van der Waals surface area contributed by atoms with Crippen molar-refractivity contribution in [2.45, 2.75) is 57.3 Å². The molecule has 172 valence electrons. The minimum Gasteiger partial charge on any atom is -0.383 e. The van der Waals surface area contributed by atoms with Crippen LogP contribution in [-0.4, -0.2) is 56.7 Å². The molecule has 0 aliphatic carbocycles. The molecule has 1 atom stereocenters. The lowest BCUT2D eigenvalue weighted by molar-refractivity contribution is -0.136. The molecule has 4 heterocycles. The molecule has 5 rings (SSSR count). The van der Waals surface area contributed by atoms with Crippen LogP contribution in [0.4, 0.5) is 0 Å². The van der Waals surface area contributed by atoms with Crippen LogP contribution in [0.1, 0.15) is 58.6 Å². The number of piperidine rings is 2. The van der Waals surface area contributed by atoms with Crippen molar-refractivity contribution < 1.29 is 19.5 Å². The molecule has 0 saturated carbocycles. The summed E-state index contributed by atoms with van der Waals surface area (Å²) in [5.41, 5.74) is 3.08. The van der Waals surface area contributed by atoms with E-state index in [0.717, 1.165) is 19.6 Å². The highest BCUT2D eigenvalue weighted by molar-refractivity contribution is 6.05. The maximum Gasteiger partial charge on any atom is 0.256 e. The number of carbonyl (C=O) groups excluding carboxylic acids is 3. The number of aliphatic hydroxyl groups is 1. The number of fused-ring (bicyclic) bond motifs is 1. The molecule has 1 aromatic heterocycles. The van der Waals surface area contributed by atoms with Gasteiger partial charge in [0.2, 0.25) is 11.8 Å². The Morgan fingerprint density at radius 2 is 1.82 bits per heavy atom. The van der Waals surface area contributed by atoms with E-state index in [1.54, 1.807) is 12.1 Å². The van der Waals surface area contributed by atoms with Gasteiger partial charge in [0.05, 0.1) is 23.5 Å². The molecule has 3 aliphatic rings. The number of nitrogens with zero attached hydrogens (tertiary/aromatic N) is 3. The molecule has 2 N–H and O–H groups in total. The van der Waals surface area contributed by atoms with Gasteiger partial charge in [-0.25, -0.2) is 0 Å². The SMILES string of the molecule is Cc1ccc(CN2CCC(O)(c3ccc4c(n3)CN(C3CCC(=O)NC3=O)C4=O)CC2)cc1. The Kier molecular flexibility index (Phi) is 5.50. The molecule has 8 heteroatoms. The van der Waals surface area contributed by atoms with Crippen molar-refractivity contribution in [3.05, 3.63) is 64.5 Å². The van der Waals surface area contributed by atoms with E-state index in [2.05, 4.69) is 46.4 Å². The Morgan fingerprint density at radius 1 is 1.09 bits per heavy atom. The maximum absolute atomic E-state index is 12.9. The van der Waals surface area contributed by atoms with Gasteiger partial charge in [-0.15, -0.1) is 0 Å². The summed E-state index contributed by atoms with van der Waals surface area (Å²) in [6.07, 6.45) is 1.66. The van der Waals surface area contributed by atoms with E-state index in [9.17, 15) is 19.5 Å². The molecular weight excluding hydrogens is 420 g/mol. The van der Waals surface area contributed by atoms with Gasteiger partial charge in [-0.3, -0.25) is 29.6 Å². The number of hydrogen-bond acceptors (Lipinski definition) is 6. The van der Waals surface area contributed by atoms with Gasteiger partial charge in [0, 0.05) is 26.1 Å². The number of hydrogen-bond donors (Lipinski definition) is 2. The van der Waals surface area contributed by atoms with Gasteiger partial charge >= 0.3 is 0 Å². The van der Waals surface area contributed by atoms with E-state index in [1.165, 1.54) is 16.0 Å². The number of imide groups is 1. The van der Waals surface area contributed by atoms with Crippen molar-refractivity contribution in [2.24, 2.45) is 0 Å². The summed E-state index contributed by atoms with van der Waals surface area (Å²) < 4.78 is 0. The van der Waals surface area contributed by atoms with Crippen molar-refractivity contribution in [3.8, 4) is 0 Å². The fourth-order valence-corrected chi connectivity index (χ4v) is 4.98. The van der Waals surface area contributed by atoms with Crippen molar-refractivity contribution in [1.82, 2.24) is 20.1 Å². The third-order valence-electron chi connectivity index (χ3n) is 7.06. The smallest absolute Gasteiger partial charge is 0.256 e. The molecule has 1 unspecified atom stereocenters. The van der Waals surface area contributed by atoms with Gasteiger partial charge in [-0.2, -0.15) is 0 Å². The summed E-state index contributed by atoms with van der Waals surface area (Å²) in [6, 6.07) is 11.3. The summed E-state index contributed by atoms with van der Waals surface area (Å²) in [5, 5.41) is 13.7. The highest BCUT2D eigenvalue weighted by atomic mass is 16.3. The van der Waals surface area contributed by atoms with Gasteiger partial charge in [0.15, 0.2) is 0 Å². The second-order valence-corrected chi connectivity index (χ2v) is 9.38. The van der Waals surface area contributed by atoms with E-state index >= 15 is 0 Å². The summed E-state index contributed by atoms with van der Waals surface area (Å²) >= 11 is 0. The predicted molar refractivity (Wildman–Crippen MR) is 120 cm³/mol. The van der Waals surface area contributed by atoms with Crippen LogP contribution in [0.15, 0.2) is 36.4 Å². The molecule has 3 amide bonds. The third kappa shape index (κ3) is 4.16. The number of carbonyl (C=O) groups is 3. The molecule has 2 fully saturated rings. The van der Waals surface area contributed by atoms with E-state index in [4.69, 9.17) is 0 Å². The lowest BCUT2D eigenvalue weighted by Gasteiger charge is -2.38. The first-order chi connectivity index (χ1) is 15.8.